The first kappa shape index (κ1) is 20.0. The number of rotatable bonds is 8. The minimum atomic E-state index is -0.714. The molecule has 0 aliphatic heterocycles. The summed E-state index contributed by atoms with van der Waals surface area (Å²) in [5, 5.41) is 2.64. The van der Waals surface area contributed by atoms with E-state index in [9.17, 15) is 9.59 Å². The Bertz CT molecular complexity index is 525. The van der Waals surface area contributed by atoms with Gasteiger partial charge < -0.3 is 14.8 Å². The summed E-state index contributed by atoms with van der Waals surface area (Å²) >= 11 is 0. The van der Waals surface area contributed by atoms with Crippen molar-refractivity contribution >= 4 is 12.1 Å². The van der Waals surface area contributed by atoms with Gasteiger partial charge in [-0.15, -0.1) is 0 Å². The molecule has 1 unspecified atom stereocenters. The van der Waals surface area contributed by atoms with Gasteiger partial charge in [0.25, 0.3) is 0 Å². The van der Waals surface area contributed by atoms with Gasteiger partial charge in [0, 0.05) is 0 Å². The molecular formula is C19H29NO4. The molecule has 1 rings (SSSR count). The summed E-state index contributed by atoms with van der Waals surface area (Å²) in [7, 11) is 0. The van der Waals surface area contributed by atoms with Crippen molar-refractivity contribution in [2.24, 2.45) is 5.92 Å². The summed E-state index contributed by atoms with van der Waals surface area (Å²) in [5.41, 5.74) is 0.337. The highest BCUT2D eigenvalue weighted by molar-refractivity contribution is 5.81. The first-order chi connectivity index (χ1) is 11.2. The predicted octanol–water partition coefficient (Wildman–Crippen LogP) is 4.06. The second-order valence-corrected chi connectivity index (χ2v) is 6.92. The van der Waals surface area contributed by atoms with E-state index in [1.165, 1.54) is 0 Å². The number of carbonyl (C=O) groups excluding carboxylic acids is 2. The first-order valence-corrected chi connectivity index (χ1v) is 8.43. The smallest absolute Gasteiger partial charge is 0.408 e. The van der Waals surface area contributed by atoms with E-state index in [1.54, 1.807) is 0 Å². The molecule has 1 atom stereocenters. The Morgan fingerprint density at radius 3 is 2.33 bits per heavy atom. The molecule has 0 bridgehead atoms. The maximum absolute atomic E-state index is 12.3. The molecule has 0 radical (unpaired) electrons. The maximum Gasteiger partial charge on any atom is 0.408 e. The molecule has 1 N–H and O–H groups in total. The number of amides is 1. The van der Waals surface area contributed by atoms with Gasteiger partial charge >= 0.3 is 12.1 Å². The number of nitrogens with one attached hydrogen (secondary N) is 1. The van der Waals surface area contributed by atoms with Gasteiger partial charge in [-0.05, 0) is 38.2 Å². The van der Waals surface area contributed by atoms with Crippen LogP contribution in [-0.2, 0) is 20.9 Å². The molecule has 0 aromatic heterocycles. The fourth-order valence-corrected chi connectivity index (χ4v) is 2.01. The molecule has 0 saturated heterocycles. The second kappa shape index (κ2) is 9.30. The Morgan fingerprint density at radius 1 is 1.17 bits per heavy atom. The molecule has 5 nitrogen and oxygen atoms in total. The molecule has 0 aliphatic rings. The summed E-state index contributed by atoms with van der Waals surface area (Å²) in [6.45, 7) is 9.76. The van der Waals surface area contributed by atoms with Gasteiger partial charge in [0.15, 0.2) is 0 Å². The maximum atomic E-state index is 12.3. The van der Waals surface area contributed by atoms with Crippen molar-refractivity contribution in [1.82, 2.24) is 5.32 Å². The van der Waals surface area contributed by atoms with E-state index in [4.69, 9.17) is 9.47 Å². The lowest BCUT2D eigenvalue weighted by Crippen LogP contribution is -2.45. The van der Waals surface area contributed by atoms with Crippen LogP contribution in [0.1, 0.15) is 53.0 Å². The van der Waals surface area contributed by atoms with E-state index in [-0.39, 0.29) is 12.5 Å². The van der Waals surface area contributed by atoms with Crippen LogP contribution in [0.25, 0.3) is 0 Å². The molecule has 24 heavy (non-hydrogen) atoms. The summed E-state index contributed by atoms with van der Waals surface area (Å²) in [6.07, 6.45) is 0.590. The number of hydrogen-bond acceptors (Lipinski definition) is 4. The van der Waals surface area contributed by atoms with Crippen molar-refractivity contribution in [1.29, 1.82) is 0 Å². The average Bonchev–Trinajstić information content (AvgIpc) is 2.52. The van der Waals surface area contributed by atoms with E-state index in [0.29, 0.717) is 12.8 Å². The molecule has 0 saturated carbocycles. The molecule has 5 heteroatoms. The summed E-state index contributed by atoms with van der Waals surface area (Å²) in [6, 6.07) is 8.73. The van der Waals surface area contributed by atoms with E-state index >= 15 is 0 Å². The molecule has 0 heterocycles. The Kier molecular flexibility index (Phi) is 7.75. The van der Waals surface area contributed by atoms with E-state index in [2.05, 4.69) is 5.32 Å². The van der Waals surface area contributed by atoms with Crippen LogP contribution in [0.15, 0.2) is 30.3 Å². The lowest BCUT2D eigenvalue weighted by molar-refractivity contribution is -0.148. The quantitative estimate of drug-likeness (QED) is 0.728. The summed E-state index contributed by atoms with van der Waals surface area (Å²) < 4.78 is 10.7. The highest BCUT2D eigenvalue weighted by Crippen LogP contribution is 2.15. The molecule has 134 valence electrons. The largest absolute Gasteiger partial charge is 0.459 e. The van der Waals surface area contributed by atoms with Gasteiger partial charge in [-0.3, -0.25) is 0 Å². The molecular weight excluding hydrogens is 306 g/mol. The van der Waals surface area contributed by atoms with Gasteiger partial charge in [-0.25, -0.2) is 9.59 Å². The van der Waals surface area contributed by atoms with Crippen LogP contribution in [0.4, 0.5) is 4.79 Å². The molecule has 1 amide bonds. The SMILES string of the molecule is CCC(C)(C)OC(=O)NC(CC(C)C)C(=O)OCc1ccccc1. The minimum Gasteiger partial charge on any atom is -0.459 e. The van der Waals surface area contributed by atoms with Crippen molar-refractivity contribution in [2.75, 3.05) is 0 Å². The summed E-state index contributed by atoms with van der Waals surface area (Å²) in [5.74, 6) is -0.211. The number of ether oxygens (including phenoxy) is 2. The normalized spacial score (nSPS) is 12.6. The zero-order valence-corrected chi connectivity index (χ0v) is 15.3. The standard InChI is InChI=1S/C19H29NO4/c1-6-19(4,5)24-18(22)20-16(12-14(2)3)17(21)23-13-15-10-8-7-9-11-15/h7-11,14,16H,6,12-13H2,1-5H3,(H,20,22). The van der Waals surface area contributed by atoms with Crippen LogP contribution in [0, 0.1) is 5.92 Å². The zero-order valence-electron chi connectivity index (χ0n) is 15.3. The second-order valence-electron chi connectivity index (χ2n) is 6.92. The van der Waals surface area contributed by atoms with Crippen LogP contribution in [0.3, 0.4) is 0 Å². The van der Waals surface area contributed by atoms with Gasteiger partial charge in [-0.1, -0.05) is 51.1 Å². The van der Waals surface area contributed by atoms with Gasteiger partial charge in [-0.2, -0.15) is 0 Å². The fraction of sp³-hybridized carbons (Fsp3) is 0.579. The van der Waals surface area contributed by atoms with Crippen LogP contribution in [0.5, 0.6) is 0 Å². The number of esters is 1. The number of carbonyl (C=O) groups is 2. The molecule has 0 spiro atoms. The Hall–Kier alpha value is -2.04. The number of hydrogen-bond donors (Lipinski definition) is 1. The molecule has 1 aromatic rings. The monoisotopic (exact) mass is 335 g/mol. The third-order valence-corrected chi connectivity index (χ3v) is 3.73. The molecule has 0 aliphatic carbocycles. The third kappa shape index (κ3) is 7.49. The summed E-state index contributed by atoms with van der Waals surface area (Å²) in [4.78, 5) is 24.4. The Morgan fingerprint density at radius 2 is 1.79 bits per heavy atom. The Balaban J connectivity index is 2.63. The van der Waals surface area contributed by atoms with E-state index in [1.807, 2.05) is 65.0 Å². The number of benzene rings is 1. The predicted molar refractivity (Wildman–Crippen MR) is 93.5 cm³/mol. The van der Waals surface area contributed by atoms with Crippen LogP contribution < -0.4 is 5.32 Å². The van der Waals surface area contributed by atoms with Crippen LogP contribution in [-0.4, -0.2) is 23.7 Å². The molecule has 0 fully saturated rings. The Labute approximate surface area is 144 Å². The minimum absolute atomic E-state index is 0.186. The van der Waals surface area contributed by atoms with E-state index in [0.717, 1.165) is 5.56 Å². The lowest BCUT2D eigenvalue weighted by atomic mass is 10.0. The highest BCUT2D eigenvalue weighted by atomic mass is 16.6. The third-order valence-electron chi connectivity index (χ3n) is 3.73. The van der Waals surface area contributed by atoms with Crippen molar-refractivity contribution in [2.45, 2.75) is 65.7 Å². The molecule has 1 aromatic carbocycles. The van der Waals surface area contributed by atoms with Gasteiger partial charge in [0.05, 0.1) is 0 Å². The van der Waals surface area contributed by atoms with Gasteiger partial charge in [0.2, 0.25) is 0 Å². The average molecular weight is 335 g/mol. The first-order valence-electron chi connectivity index (χ1n) is 8.43. The van der Waals surface area contributed by atoms with Crippen molar-refractivity contribution < 1.29 is 19.1 Å². The van der Waals surface area contributed by atoms with Crippen molar-refractivity contribution in [3.8, 4) is 0 Å². The van der Waals surface area contributed by atoms with Crippen LogP contribution >= 0.6 is 0 Å². The topological polar surface area (TPSA) is 64.6 Å². The lowest BCUT2D eigenvalue weighted by Gasteiger charge is -2.25. The van der Waals surface area contributed by atoms with Crippen LogP contribution in [0.2, 0.25) is 0 Å². The zero-order chi connectivity index (χ0) is 18.2. The fourth-order valence-electron chi connectivity index (χ4n) is 2.01. The van der Waals surface area contributed by atoms with Crippen molar-refractivity contribution in [3.63, 3.8) is 0 Å². The van der Waals surface area contributed by atoms with Gasteiger partial charge in [0.1, 0.15) is 18.2 Å². The van der Waals surface area contributed by atoms with Crippen molar-refractivity contribution in [3.05, 3.63) is 35.9 Å². The van der Waals surface area contributed by atoms with E-state index < -0.39 is 23.7 Å². The number of alkyl carbamates (subject to hydrolysis) is 1. The highest BCUT2D eigenvalue weighted by Gasteiger charge is 2.27.